The number of halogens is 1. The van der Waals surface area contributed by atoms with E-state index in [1.165, 1.54) is 0 Å². The third-order valence-corrected chi connectivity index (χ3v) is 4.25. The van der Waals surface area contributed by atoms with E-state index in [-0.39, 0.29) is 36.0 Å². The van der Waals surface area contributed by atoms with E-state index in [1.807, 2.05) is 6.92 Å². The first-order valence-corrected chi connectivity index (χ1v) is 8.88. The van der Waals surface area contributed by atoms with Crippen molar-refractivity contribution >= 4 is 25.2 Å². The summed E-state index contributed by atoms with van der Waals surface area (Å²) in [5, 5.41) is 0.541. The van der Waals surface area contributed by atoms with Gasteiger partial charge >= 0.3 is 35.5 Å². The molecule has 0 saturated carbocycles. The van der Waals surface area contributed by atoms with Crippen LogP contribution in [0.2, 0.25) is 5.02 Å². The van der Waals surface area contributed by atoms with E-state index in [9.17, 15) is 14.3 Å². The van der Waals surface area contributed by atoms with Crippen LogP contribution in [0.4, 0.5) is 0 Å². The first-order valence-electron chi connectivity index (χ1n) is 6.86. The number of carbonyl (C=O) groups excluding carboxylic acids is 1. The van der Waals surface area contributed by atoms with Crippen LogP contribution in [0.25, 0.3) is 0 Å². The number of unbranched alkanes of at least 4 members (excludes halogenated alkanes) is 1. The first-order chi connectivity index (χ1) is 10.2. The van der Waals surface area contributed by atoms with Crippen LogP contribution in [0.3, 0.4) is 0 Å². The van der Waals surface area contributed by atoms with Crippen LogP contribution >= 0.6 is 19.2 Å². The summed E-state index contributed by atoms with van der Waals surface area (Å²) < 4.78 is 21.2. The molecule has 1 aromatic rings. The molecule has 0 aliphatic carbocycles. The van der Waals surface area contributed by atoms with Crippen molar-refractivity contribution in [2.75, 3.05) is 6.61 Å². The molecule has 0 amide bonds. The Morgan fingerprint density at radius 3 is 2.65 bits per heavy atom. The SMILES string of the molecule is CCCCC(OC(=O)COc1ccc(Cl)cc1C)P(=O)([O-])O.[Na+]. The molecule has 0 fully saturated rings. The number of aryl methyl sites for hydroxylation is 1. The van der Waals surface area contributed by atoms with Crippen LogP contribution in [0, 0.1) is 6.92 Å². The molecule has 0 aliphatic rings. The van der Waals surface area contributed by atoms with Crippen LogP contribution in [-0.4, -0.2) is 23.3 Å². The van der Waals surface area contributed by atoms with Crippen molar-refractivity contribution in [1.29, 1.82) is 0 Å². The fraction of sp³-hybridized carbons (Fsp3) is 0.500. The average molecular weight is 373 g/mol. The molecule has 2 unspecified atom stereocenters. The zero-order valence-electron chi connectivity index (χ0n) is 13.5. The molecule has 2 atom stereocenters. The van der Waals surface area contributed by atoms with Gasteiger partial charge in [-0.2, -0.15) is 0 Å². The van der Waals surface area contributed by atoms with Crippen molar-refractivity contribution in [2.24, 2.45) is 0 Å². The standard InChI is InChI=1S/C14H20ClO6P.Na/c1-3-4-5-14(22(17,18)19)21-13(16)9-20-12-7-6-11(15)8-10(12)2;/h6-8,14H,3-5,9H2,1-2H3,(H2,17,18,19);/q;+1/p-1. The van der Waals surface area contributed by atoms with Gasteiger partial charge in [-0.25, -0.2) is 4.79 Å². The zero-order chi connectivity index (χ0) is 16.8. The second-order valence-electron chi connectivity index (χ2n) is 4.85. The molecular weight excluding hydrogens is 354 g/mol. The largest absolute Gasteiger partial charge is 1.00 e. The molecule has 9 heteroatoms. The molecule has 6 nitrogen and oxygen atoms in total. The van der Waals surface area contributed by atoms with Gasteiger partial charge in [-0.15, -0.1) is 0 Å². The van der Waals surface area contributed by atoms with Crippen molar-refractivity contribution in [3.8, 4) is 5.75 Å². The summed E-state index contributed by atoms with van der Waals surface area (Å²) in [5.41, 5.74) is 0.736. The molecule has 0 radical (unpaired) electrons. The predicted octanol–water partition coefficient (Wildman–Crippen LogP) is -0.364. The molecule has 0 aromatic heterocycles. The van der Waals surface area contributed by atoms with E-state index in [0.29, 0.717) is 23.6 Å². The van der Waals surface area contributed by atoms with Crippen LogP contribution in [-0.2, 0) is 14.1 Å². The topological polar surface area (TPSA) is 95.9 Å². The fourth-order valence-corrected chi connectivity index (χ4v) is 2.75. The second-order valence-corrected chi connectivity index (χ2v) is 6.99. The minimum atomic E-state index is -4.74. The van der Waals surface area contributed by atoms with Gasteiger partial charge in [0.05, 0.1) is 0 Å². The monoisotopic (exact) mass is 372 g/mol. The smallest absolute Gasteiger partial charge is 0.776 e. The summed E-state index contributed by atoms with van der Waals surface area (Å²) in [6.45, 7) is 3.17. The molecule has 23 heavy (non-hydrogen) atoms. The van der Waals surface area contributed by atoms with E-state index in [2.05, 4.69) is 0 Å². The molecule has 1 aromatic carbocycles. The Labute approximate surface area is 163 Å². The maximum atomic E-state index is 11.7. The van der Waals surface area contributed by atoms with E-state index in [1.54, 1.807) is 25.1 Å². The zero-order valence-corrected chi connectivity index (χ0v) is 17.1. The van der Waals surface area contributed by atoms with Crippen molar-refractivity contribution in [3.05, 3.63) is 28.8 Å². The minimum absolute atomic E-state index is 0. The molecule has 124 valence electrons. The molecular formula is C14H19ClNaO6P. The van der Waals surface area contributed by atoms with Crippen LogP contribution in [0.5, 0.6) is 5.75 Å². The number of esters is 1. The van der Waals surface area contributed by atoms with Crippen LogP contribution in [0.15, 0.2) is 18.2 Å². The van der Waals surface area contributed by atoms with Gasteiger partial charge in [0.15, 0.2) is 20.0 Å². The van der Waals surface area contributed by atoms with E-state index in [4.69, 9.17) is 26.0 Å². The number of hydrogen-bond acceptors (Lipinski definition) is 5. The van der Waals surface area contributed by atoms with E-state index in [0.717, 1.165) is 5.56 Å². The van der Waals surface area contributed by atoms with Gasteiger partial charge in [0.25, 0.3) is 0 Å². The summed E-state index contributed by atoms with van der Waals surface area (Å²) in [4.78, 5) is 31.9. The summed E-state index contributed by atoms with van der Waals surface area (Å²) in [6, 6.07) is 4.88. The summed E-state index contributed by atoms with van der Waals surface area (Å²) in [6.07, 6.45) is 1.29. The Morgan fingerprint density at radius 1 is 1.48 bits per heavy atom. The maximum absolute atomic E-state index is 11.7. The average Bonchev–Trinajstić information content (AvgIpc) is 2.41. The third kappa shape index (κ3) is 8.54. The fourth-order valence-electron chi connectivity index (χ4n) is 1.76. The van der Waals surface area contributed by atoms with Gasteiger partial charge in [-0.05, 0) is 43.5 Å². The summed E-state index contributed by atoms with van der Waals surface area (Å²) in [5.74, 6) is -1.95. The Balaban J connectivity index is 0.00000484. The van der Waals surface area contributed by atoms with E-state index >= 15 is 0 Å². The Hall–Kier alpha value is -0.0700. The molecule has 1 N–H and O–H groups in total. The summed E-state index contributed by atoms with van der Waals surface area (Å²) >= 11 is 5.81. The quantitative estimate of drug-likeness (QED) is 0.380. The normalized spacial score (nSPS) is 14.3. The Morgan fingerprint density at radius 2 is 2.13 bits per heavy atom. The first kappa shape index (κ1) is 22.9. The molecule has 0 heterocycles. The van der Waals surface area contributed by atoms with Crippen molar-refractivity contribution in [1.82, 2.24) is 0 Å². The Bertz CT molecular complexity index is 562. The van der Waals surface area contributed by atoms with Gasteiger partial charge in [0, 0.05) is 5.02 Å². The van der Waals surface area contributed by atoms with Gasteiger partial charge in [0.1, 0.15) is 5.75 Å². The minimum Gasteiger partial charge on any atom is -0.776 e. The van der Waals surface area contributed by atoms with Crippen LogP contribution in [0.1, 0.15) is 31.7 Å². The number of benzene rings is 1. The van der Waals surface area contributed by atoms with Gasteiger partial charge in [-0.3, -0.25) is 0 Å². The summed E-state index contributed by atoms with van der Waals surface area (Å²) in [7, 11) is -4.74. The molecule has 0 spiro atoms. The number of hydrogen-bond donors (Lipinski definition) is 1. The molecule has 0 aliphatic heterocycles. The van der Waals surface area contributed by atoms with Gasteiger partial charge in [0.2, 0.25) is 0 Å². The Kier molecular flexibility index (Phi) is 10.7. The van der Waals surface area contributed by atoms with E-state index < -0.39 is 26.0 Å². The molecule has 1 rings (SSSR count). The maximum Gasteiger partial charge on any atom is 1.00 e. The molecule has 0 saturated heterocycles. The number of rotatable bonds is 8. The molecule has 0 bridgehead atoms. The predicted molar refractivity (Wildman–Crippen MR) is 80.9 cm³/mol. The van der Waals surface area contributed by atoms with Gasteiger partial charge < -0.3 is 23.8 Å². The third-order valence-electron chi connectivity index (χ3n) is 2.92. The van der Waals surface area contributed by atoms with Crippen LogP contribution < -0.4 is 39.2 Å². The van der Waals surface area contributed by atoms with Crippen molar-refractivity contribution in [2.45, 2.75) is 39.0 Å². The second kappa shape index (κ2) is 10.7. The number of carbonyl (C=O) groups is 1. The number of ether oxygens (including phenoxy) is 2. The van der Waals surface area contributed by atoms with Gasteiger partial charge in [-0.1, -0.05) is 24.9 Å². The van der Waals surface area contributed by atoms with Crippen molar-refractivity contribution < 1.29 is 58.2 Å². The van der Waals surface area contributed by atoms with Crippen molar-refractivity contribution in [3.63, 3.8) is 0 Å².